The van der Waals surface area contributed by atoms with E-state index in [0.717, 1.165) is 43.2 Å². The molecule has 0 aliphatic carbocycles. The highest BCUT2D eigenvalue weighted by Gasteiger charge is 2.19. The molecule has 1 aliphatic rings. The standard InChI is InChI=1S/C15H14F3N3OS/c1-22-12-7-11(21-5-2-6-21)19-15(20-12)23-8-9-3-4-10(16)14(18)13(9)17/h3-4,7H,2,5-6,8H2,1H3. The van der Waals surface area contributed by atoms with Crippen LogP contribution in [0.15, 0.2) is 23.4 Å². The van der Waals surface area contributed by atoms with Crippen LogP contribution in [-0.2, 0) is 5.75 Å². The molecule has 1 saturated heterocycles. The summed E-state index contributed by atoms with van der Waals surface area (Å²) in [6.45, 7) is 1.84. The van der Waals surface area contributed by atoms with E-state index in [1.54, 1.807) is 6.07 Å². The number of benzene rings is 1. The number of aromatic nitrogens is 2. The maximum atomic E-state index is 13.7. The first-order valence-corrected chi connectivity index (χ1v) is 8.00. The van der Waals surface area contributed by atoms with Crippen molar-refractivity contribution in [2.45, 2.75) is 17.3 Å². The number of halogens is 3. The summed E-state index contributed by atoms with van der Waals surface area (Å²) in [5, 5.41) is 0.399. The van der Waals surface area contributed by atoms with Gasteiger partial charge in [0.2, 0.25) is 5.88 Å². The van der Waals surface area contributed by atoms with Gasteiger partial charge in [0.05, 0.1) is 7.11 Å². The molecule has 1 aromatic heterocycles. The summed E-state index contributed by atoms with van der Waals surface area (Å²) in [6, 6.07) is 3.87. The quantitative estimate of drug-likeness (QED) is 0.473. The van der Waals surface area contributed by atoms with Crippen LogP contribution in [0.1, 0.15) is 12.0 Å². The van der Waals surface area contributed by atoms with Crippen molar-refractivity contribution in [3.8, 4) is 5.88 Å². The van der Waals surface area contributed by atoms with E-state index in [4.69, 9.17) is 4.74 Å². The fourth-order valence-electron chi connectivity index (χ4n) is 2.09. The third-order valence-corrected chi connectivity index (χ3v) is 4.43. The van der Waals surface area contributed by atoms with Gasteiger partial charge in [-0.3, -0.25) is 0 Å². The van der Waals surface area contributed by atoms with Crippen LogP contribution in [0.4, 0.5) is 19.0 Å². The van der Waals surface area contributed by atoms with Crippen molar-refractivity contribution < 1.29 is 17.9 Å². The molecular weight excluding hydrogens is 327 g/mol. The molecule has 0 amide bonds. The molecule has 1 aliphatic heterocycles. The van der Waals surface area contributed by atoms with Crippen LogP contribution in [0, 0.1) is 17.5 Å². The highest BCUT2D eigenvalue weighted by Crippen LogP contribution is 2.28. The normalized spacial score (nSPS) is 13.8. The van der Waals surface area contributed by atoms with Crippen LogP contribution in [0.5, 0.6) is 5.88 Å². The van der Waals surface area contributed by atoms with Crippen molar-refractivity contribution in [3.63, 3.8) is 0 Å². The zero-order valence-electron chi connectivity index (χ0n) is 12.4. The summed E-state index contributed by atoms with van der Waals surface area (Å²) < 4.78 is 45.0. The molecule has 0 atom stereocenters. The first-order valence-electron chi connectivity index (χ1n) is 7.01. The largest absolute Gasteiger partial charge is 0.481 e. The monoisotopic (exact) mass is 341 g/mol. The Hall–Kier alpha value is -1.96. The number of hydrogen-bond donors (Lipinski definition) is 0. The molecule has 23 heavy (non-hydrogen) atoms. The van der Waals surface area contributed by atoms with E-state index in [2.05, 4.69) is 14.9 Å². The molecule has 0 unspecified atom stereocenters. The minimum absolute atomic E-state index is 0.0609. The van der Waals surface area contributed by atoms with E-state index >= 15 is 0 Å². The Bertz CT molecular complexity index is 725. The Labute approximate surface area is 135 Å². The highest BCUT2D eigenvalue weighted by atomic mass is 32.2. The van der Waals surface area contributed by atoms with Crippen LogP contribution >= 0.6 is 11.8 Å². The second kappa shape index (κ2) is 6.66. The second-order valence-electron chi connectivity index (χ2n) is 5.01. The lowest BCUT2D eigenvalue weighted by atomic mass is 10.2. The Kier molecular flexibility index (Phi) is 4.61. The molecule has 0 N–H and O–H groups in total. The first-order chi connectivity index (χ1) is 11.1. The van der Waals surface area contributed by atoms with Crippen molar-refractivity contribution in [3.05, 3.63) is 41.2 Å². The van der Waals surface area contributed by atoms with Gasteiger partial charge in [0.1, 0.15) is 5.82 Å². The average molecular weight is 341 g/mol. The van der Waals surface area contributed by atoms with E-state index in [1.165, 1.54) is 13.2 Å². The fourth-order valence-corrected chi connectivity index (χ4v) is 2.91. The van der Waals surface area contributed by atoms with Gasteiger partial charge in [0.15, 0.2) is 22.6 Å². The lowest BCUT2D eigenvalue weighted by Crippen LogP contribution is -2.37. The molecular formula is C15H14F3N3OS. The highest BCUT2D eigenvalue weighted by molar-refractivity contribution is 7.98. The summed E-state index contributed by atoms with van der Waals surface area (Å²) in [5.74, 6) is -2.59. The summed E-state index contributed by atoms with van der Waals surface area (Å²) >= 11 is 1.14. The molecule has 1 fully saturated rings. The molecule has 1 aromatic carbocycles. The zero-order valence-corrected chi connectivity index (χ0v) is 13.2. The minimum atomic E-state index is -1.46. The number of anilines is 1. The van der Waals surface area contributed by atoms with Gasteiger partial charge in [-0.15, -0.1) is 0 Å². The number of ether oxygens (including phenoxy) is 1. The number of rotatable bonds is 5. The maximum absolute atomic E-state index is 13.7. The number of hydrogen-bond acceptors (Lipinski definition) is 5. The maximum Gasteiger partial charge on any atom is 0.219 e. The van der Waals surface area contributed by atoms with Crippen LogP contribution < -0.4 is 9.64 Å². The predicted molar refractivity (Wildman–Crippen MR) is 81.3 cm³/mol. The van der Waals surface area contributed by atoms with E-state index in [0.29, 0.717) is 11.0 Å². The third kappa shape index (κ3) is 3.36. The molecule has 0 bridgehead atoms. The second-order valence-corrected chi connectivity index (χ2v) is 5.96. The van der Waals surface area contributed by atoms with E-state index in [1.807, 2.05) is 0 Å². The number of thioether (sulfide) groups is 1. The number of nitrogens with zero attached hydrogens (tertiary/aromatic N) is 3. The van der Waals surface area contributed by atoms with Gasteiger partial charge in [-0.2, -0.15) is 4.98 Å². The van der Waals surface area contributed by atoms with Gasteiger partial charge in [0, 0.05) is 30.5 Å². The minimum Gasteiger partial charge on any atom is -0.481 e. The molecule has 122 valence electrons. The van der Waals surface area contributed by atoms with Crippen LogP contribution in [0.25, 0.3) is 0 Å². The molecule has 4 nitrogen and oxygen atoms in total. The zero-order chi connectivity index (χ0) is 16.4. The smallest absolute Gasteiger partial charge is 0.219 e. The Morgan fingerprint density at radius 1 is 1.17 bits per heavy atom. The van der Waals surface area contributed by atoms with Crippen LogP contribution in [0.2, 0.25) is 0 Å². The van der Waals surface area contributed by atoms with Crippen LogP contribution in [0.3, 0.4) is 0 Å². The van der Waals surface area contributed by atoms with Crippen molar-refractivity contribution >= 4 is 17.6 Å². The Balaban J connectivity index is 1.78. The SMILES string of the molecule is COc1cc(N2CCC2)nc(SCc2ccc(F)c(F)c2F)n1. The molecule has 3 rings (SSSR count). The number of methoxy groups -OCH3 is 1. The summed E-state index contributed by atoms with van der Waals surface area (Å²) in [7, 11) is 1.51. The van der Waals surface area contributed by atoms with Gasteiger partial charge in [-0.25, -0.2) is 18.2 Å². The lowest BCUT2D eigenvalue weighted by molar-refractivity contribution is 0.391. The van der Waals surface area contributed by atoms with Crippen molar-refractivity contribution in [1.82, 2.24) is 9.97 Å². The first kappa shape index (κ1) is 15.9. The molecule has 2 heterocycles. The molecule has 0 saturated carbocycles. The van der Waals surface area contributed by atoms with Gasteiger partial charge in [-0.1, -0.05) is 17.8 Å². The van der Waals surface area contributed by atoms with E-state index in [-0.39, 0.29) is 11.3 Å². The van der Waals surface area contributed by atoms with Crippen molar-refractivity contribution in [2.75, 3.05) is 25.1 Å². The van der Waals surface area contributed by atoms with E-state index < -0.39 is 17.5 Å². The van der Waals surface area contributed by atoms with Gasteiger partial charge in [-0.05, 0) is 12.5 Å². The summed E-state index contributed by atoms with van der Waals surface area (Å²) in [5.41, 5.74) is 0.0609. The average Bonchev–Trinajstić information content (AvgIpc) is 2.50. The van der Waals surface area contributed by atoms with E-state index in [9.17, 15) is 13.2 Å². The summed E-state index contributed by atoms with van der Waals surface area (Å²) in [4.78, 5) is 10.7. The van der Waals surface area contributed by atoms with Gasteiger partial charge >= 0.3 is 0 Å². The van der Waals surface area contributed by atoms with Crippen LogP contribution in [-0.4, -0.2) is 30.2 Å². The van der Waals surface area contributed by atoms with Crippen molar-refractivity contribution in [2.24, 2.45) is 0 Å². The topological polar surface area (TPSA) is 38.2 Å². The lowest BCUT2D eigenvalue weighted by Gasteiger charge is -2.32. The van der Waals surface area contributed by atoms with Gasteiger partial charge < -0.3 is 9.64 Å². The fraction of sp³-hybridized carbons (Fsp3) is 0.333. The van der Waals surface area contributed by atoms with Crippen molar-refractivity contribution in [1.29, 1.82) is 0 Å². The third-order valence-electron chi connectivity index (χ3n) is 3.53. The Morgan fingerprint density at radius 2 is 1.96 bits per heavy atom. The van der Waals surface area contributed by atoms with Gasteiger partial charge in [0.25, 0.3) is 0 Å². The molecule has 8 heteroatoms. The predicted octanol–water partition coefficient (Wildman–Crippen LogP) is 3.40. The Morgan fingerprint density at radius 3 is 2.61 bits per heavy atom. The summed E-state index contributed by atoms with van der Waals surface area (Å²) in [6.07, 6.45) is 1.11. The molecule has 2 aromatic rings. The molecule has 0 spiro atoms. The molecule has 0 radical (unpaired) electrons.